The number of rotatable bonds is 5. The molecule has 1 aliphatic carbocycles. The first-order valence-corrected chi connectivity index (χ1v) is 7.17. The lowest BCUT2D eigenvalue weighted by atomic mass is 9.87. The van der Waals surface area contributed by atoms with Crippen molar-refractivity contribution in [2.45, 2.75) is 58.0 Å². The van der Waals surface area contributed by atoms with E-state index < -0.39 is 12.0 Å². The monoisotopic (exact) mass is 261 g/mol. The molecule has 3 heteroatoms. The van der Waals surface area contributed by atoms with Crippen molar-refractivity contribution in [1.29, 1.82) is 0 Å². The zero-order valence-electron chi connectivity index (χ0n) is 11.8. The fraction of sp³-hybridized carbons (Fsp3) is 0.562. The number of fused-ring (bicyclic) bond motifs is 1. The van der Waals surface area contributed by atoms with Gasteiger partial charge in [-0.1, -0.05) is 37.1 Å². The Morgan fingerprint density at radius 2 is 2.26 bits per heavy atom. The molecule has 1 aromatic rings. The van der Waals surface area contributed by atoms with Crippen LogP contribution in [0.3, 0.4) is 0 Å². The molecule has 2 N–H and O–H groups in total. The fourth-order valence-electron chi connectivity index (χ4n) is 2.88. The van der Waals surface area contributed by atoms with E-state index in [1.807, 2.05) is 6.92 Å². The van der Waals surface area contributed by atoms with Crippen molar-refractivity contribution < 1.29 is 9.90 Å². The summed E-state index contributed by atoms with van der Waals surface area (Å²) in [5.41, 5.74) is 4.11. The van der Waals surface area contributed by atoms with Crippen LogP contribution >= 0.6 is 0 Å². The lowest BCUT2D eigenvalue weighted by Crippen LogP contribution is -2.45. The fourth-order valence-corrected chi connectivity index (χ4v) is 2.88. The van der Waals surface area contributed by atoms with Gasteiger partial charge in [0.25, 0.3) is 0 Å². The quantitative estimate of drug-likeness (QED) is 0.856. The number of carboxylic acids is 1. The number of aryl methyl sites for hydroxylation is 2. The van der Waals surface area contributed by atoms with Crippen molar-refractivity contribution >= 4 is 5.97 Å². The second kappa shape index (κ2) is 6.20. The lowest BCUT2D eigenvalue weighted by Gasteiger charge is -2.28. The highest BCUT2D eigenvalue weighted by atomic mass is 16.4. The van der Waals surface area contributed by atoms with E-state index in [9.17, 15) is 9.90 Å². The van der Waals surface area contributed by atoms with Gasteiger partial charge >= 0.3 is 5.97 Å². The van der Waals surface area contributed by atoms with E-state index in [4.69, 9.17) is 0 Å². The van der Waals surface area contributed by atoms with E-state index in [0.29, 0.717) is 12.5 Å². The normalized spacial score (nSPS) is 19.8. The van der Waals surface area contributed by atoms with Crippen LogP contribution in [-0.4, -0.2) is 23.2 Å². The molecule has 0 heterocycles. The Kier molecular flexibility index (Phi) is 4.59. The van der Waals surface area contributed by atoms with Gasteiger partial charge in [0.1, 0.15) is 6.04 Å². The first-order chi connectivity index (χ1) is 9.10. The summed E-state index contributed by atoms with van der Waals surface area (Å²) >= 11 is 0. The second-order valence-corrected chi connectivity index (χ2v) is 5.56. The van der Waals surface area contributed by atoms with Gasteiger partial charge in [0.05, 0.1) is 0 Å². The third-order valence-corrected chi connectivity index (χ3v) is 3.90. The van der Waals surface area contributed by atoms with Gasteiger partial charge in [-0.25, -0.2) is 0 Å². The van der Waals surface area contributed by atoms with Crippen LogP contribution in [0.15, 0.2) is 18.2 Å². The van der Waals surface area contributed by atoms with Crippen LogP contribution in [0.5, 0.6) is 0 Å². The van der Waals surface area contributed by atoms with Gasteiger partial charge in [-0.15, -0.1) is 0 Å². The molecule has 104 valence electrons. The summed E-state index contributed by atoms with van der Waals surface area (Å²) in [4.78, 5) is 11.2. The first-order valence-electron chi connectivity index (χ1n) is 7.17. The highest BCUT2D eigenvalue weighted by Gasteiger charge is 2.24. The summed E-state index contributed by atoms with van der Waals surface area (Å²) in [6, 6.07) is 6.48. The number of nitrogens with one attached hydrogen (secondary N) is 1. The molecule has 1 aliphatic rings. The van der Waals surface area contributed by atoms with Crippen molar-refractivity contribution in [3.05, 3.63) is 34.9 Å². The molecular formula is C16H23NO2. The Balaban J connectivity index is 2.01. The van der Waals surface area contributed by atoms with Crippen molar-refractivity contribution in [2.75, 3.05) is 0 Å². The van der Waals surface area contributed by atoms with Crippen molar-refractivity contribution in [1.82, 2.24) is 5.32 Å². The first kappa shape index (κ1) is 14.1. The van der Waals surface area contributed by atoms with E-state index in [1.54, 1.807) is 0 Å². The minimum atomic E-state index is -0.725. The van der Waals surface area contributed by atoms with Gasteiger partial charge in [0, 0.05) is 6.04 Å². The van der Waals surface area contributed by atoms with Gasteiger partial charge in [0.15, 0.2) is 0 Å². The highest BCUT2D eigenvalue weighted by Crippen LogP contribution is 2.23. The molecule has 0 bridgehead atoms. The summed E-state index contributed by atoms with van der Waals surface area (Å²) in [6.45, 7) is 4.14. The summed E-state index contributed by atoms with van der Waals surface area (Å²) < 4.78 is 0. The van der Waals surface area contributed by atoms with Gasteiger partial charge in [-0.2, -0.15) is 0 Å². The van der Waals surface area contributed by atoms with Crippen molar-refractivity contribution in [2.24, 2.45) is 0 Å². The maximum Gasteiger partial charge on any atom is 0.320 e. The molecule has 0 fully saturated rings. The van der Waals surface area contributed by atoms with Gasteiger partial charge in [-0.3, -0.25) is 4.79 Å². The number of aliphatic carboxylic acids is 1. The standard InChI is InChI=1S/C16H23NO2/c1-3-4-15(16(18)19)17-14-8-7-12-9-11(2)5-6-13(12)10-14/h5-6,9,14-15,17H,3-4,7-8,10H2,1-2H3,(H,18,19)/t14-,15?/m0/s1. The number of carboxylic acid groups (broad SMARTS) is 1. The van der Waals surface area contributed by atoms with Crippen LogP contribution in [0.25, 0.3) is 0 Å². The van der Waals surface area contributed by atoms with E-state index in [2.05, 4.69) is 30.4 Å². The van der Waals surface area contributed by atoms with E-state index in [0.717, 1.165) is 25.7 Å². The molecule has 0 spiro atoms. The minimum Gasteiger partial charge on any atom is -0.480 e. The van der Waals surface area contributed by atoms with Crippen molar-refractivity contribution in [3.8, 4) is 0 Å². The number of carbonyl (C=O) groups is 1. The molecule has 0 saturated heterocycles. The van der Waals surface area contributed by atoms with Crippen LogP contribution in [-0.2, 0) is 17.6 Å². The number of benzene rings is 1. The molecule has 19 heavy (non-hydrogen) atoms. The molecule has 1 aromatic carbocycles. The maximum atomic E-state index is 11.2. The van der Waals surface area contributed by atoms with Crippen LogP contribution in [0.4, 0.5) is 0 Å². The second-order valence-electron chi connectivity index (χ2n) is 5.56. The van der Waals surface area contributed by atoms with Gasteiger partial charge in [0.2, 0.25) is 0 Å². The Bertz CT molecular complexity index is 456. The maximum absolute atomic E-state index is 11.2. The lowest BCUT2D eigenvalue weighted by molar-refractivity contribution is -0.139. The Morgan fingerprint density at radius 1 is 1.47 bits per heavy atom. The molecule has 3 nitrogen and oxygen atoms in total. The van der Waals surface area contributed by atoms with E-state index in [1.165, 1.54) is 16.7 Å². The third-order valence-electron chi connectivity index (χ3n) is 3.90. The number of hydrogen-bond donors (Lipinski definition) is 2. The topological polar surface area (TPSA) is 49.3 Å². The molecule has 1 unspecified atom stereocenters. The predicted molar refractivity (Wildman–Crippen MR) is 76.5 cm³/mol. The van der Waals surface area contributed by atoms with Crippen LogP contribution in [0.1, 0.15) is 42.9 Å². The van der Waals surface area contributed by atoms with E-state index in [-0.39, 0.29) is 0 Å². The van der Waals surface area contributed by atoms with Crippen LogP contribution in [0.2, 0.25) is 0 Å². The Hall–Kier alpha value is -1.35. The summed E-state index contributed by atoms with van der Waals surface area (Å²) in [6.07, 6.45) is 4.62. The van der Waals surface area contributed by atoms with Gasteiger partial charge in [-0.05, 0) is 43.7 Å². The van der Waals surface area contributed by atoms with Crippen molar-refractivity contribution in [3.63, 3.8) is 0 Å². The predicted octanol–water partition coefficient (Wildman–Crippen LogP) is 2.70. The molecular weight excluding hydrogens is 238 g/mol. The summed E-state index contributed by atoms with van der Waals surface area (Å²) in [7, 11) is 0. The largest absolute Gasteiger partial charge is 0.480 e. The molecule has 0 radical (unpaired) electrons. The van der Waals surface area contributed by atoms with Crippen LogP contribution < -0.4 is 5.32 Å². The third kappa shape index (κ3) is 3.57. The molecule has 0 amide bonds. The van der Waals surface area contributed by atoms with Crippen LogP contribution in [0, 0.1) is 6.92 Å². The molecule has 0 aliphatic heterocycles. The summed E-state index contributed by atoms with van der Waals surface area (Å²) in [5.74, 6) is -0.725. The number of hydrogen-bond acceptors (Lipinski definition) is 2. The Labute approximate surface area is 115 Å². The average Bonchev–Trinajstić information content (AvgIpc) is 2.38. The highest BCUT2D eigenvalue weighted by molar-refractivity contribution is 5.73. The SMILES string of the molecule is CCCC(N[C@H]1CCc2cc(C)ccc2C1)C(=O)O. The van der Waals surface area contributed by atoms with Gasteiger partial charge < -0.3 is 10.4 Å². The zero-order valence-corrected chi connectivity index (χ0v) is 11.8. The molecule has 2 atom stereocenters. The Morgan fingerprint density at radius 3 is 2.95 bits per heavy atom. The summed E-state index contributed by atoms with van der Waals surface area (Å²) in [5, 5.41) is 12.5. The zero-order chi connectivity index (χ0) is 13.8. The smallest absolute Gasteiger partial charge is 0.320 e. The molecule has 2 rings (SSSR count). The molecule has 0 saturated carbocycles. The average molecular weight is 261 g/mol. The minimum absolute atomic E-state index is 0.294. The molecule has 0 aromatic heterocycles. The van der Waals surface area contributed by atoms with E-state index >= 15 is 0 Å².